The van der Waals surface area contributed by atoms with Gasteiger partial charge in [-0.3, -0.25) is 14.6 Å². The molecule has 3 aromatic rings. The molecule has 2 heterocycles. The number of methoxy groups -OCH3 is 1. The molecule has 0 aliphatic rings. The minimum absolute atomic E-state index is 0. The van der Waals surface area contributed by atoms with Gasteiger partial charge < -0.3 is 9.84 Å². The Hall–Kier alpha value is -0.394. The largest absolute Gasteiger partial charge is 1.00 e. The van der Waals surface area contributed by atoms with Crippen LogP contribution in [0.3, 0.4) is 0 Å². The Morgan fingerprint density at radius 2 is 1.79 bits per heavy atom. The molecule has 0 saturated carbocycles. The third-order valence-electron chi connectivity index (χ3n) is 4.68. The zero-order valence-corrected chi connectivity index (χ0v) is 24.7. The van der Waals surface area contributed by atoms with Gasteiger partial charge in [0.05, 0.1) is 19.8 Å². The summed E-state index contributed by atoms with van der Waals surface area (Å²) in [4.78, 5) is 30.6. The van der Waals surface area contributed by atoms with Gasteiger partial charge in [0.1, 0.15) is 6.54 Å². The van der Waals surface area contributed by atoms with Crippen LogP contribution in [0.5, 0.6) is 5.75 Å². The summed E-state index contributed by atoms with van der Waals surface area (Å²) < 4.78 is 4.96. The van der Waals surface area contributed by atoms with Crippen molar-refractivity contribution < 1.29 is 70.8 Å². The van der Waals surface area contributed by atoms with Crippen LogP contribution in [0.25, 0.3) is 10.4 Å². The second-order valence-electron chi connectivity index (χ2n) is 6.94. The standard InChI is InChI=1S/C23H21Cl2NO4S2.K/c1-13(15-12-31-23(22(15)29)14-5-6-16(24)17(25)10-14)26-11-19(28)21-8-7-20(32-21)18(27)4-3-9-30-2;/h5-8,10,12,29H,3-4,9,11H2,1-2H3;/q;+1/p-1. The zero-order valence-electron chi connectivity index (χ0n) is 18.4. The Kier molecular flexibility index (Phi) is 11.9. The molecule has 0 saturated heterocycles. The molecular weight excluding hydrogens is 528 g/mol. The fourth-order valence-electron chi connectivity index (χ4n) is 2.92. The van der Waals surface area contributed by atoms with E-state index in [-0.39, 0.29) is 75.2 Å². The van der Waals surface area contributed by atoms with Crippen LogP contribution in [0.2, 0.25) is 10.0 Å². The van der Waals surface area contributed by atoms with E-state index in [0.29, 0.717) is 61.0 Å². The molecule has 0 aliphatic heterocycles. The third-order valence-corrected chi connectivity index (χ3v) is 7.60. The first kappa shape index (κ1) is 28.8. The number of ketones is 2. The first-order valence-electron chi connectivity index (χ1n) is 9.72. The van der Waals surface area contributed by atoms with Crippen molar-refractivity contribution in [3.8, 4) is 16.2 Å². The number of benzene rings is 1. The Morgan fingerprint density at radius 3 is 2.45 bits per heavy atom. The number of hydrogen-bond donors (Lipinski definition) is 0. The van der Waals surface area contributed by atoms with E-state index in [1.807, 2.05) is 0 Å². The average Bonchev–Trinajstić information content (AvgIpc) is 3.41. The molecule has 0 spiro atoms. The normalized spacial score (nSPS) is 11.3. The van der Waals surface area contributed by atoms with Crippen molar-refractivity contribution in [1.29, 1.82) is 0 Å². The average molecular weight is 549 g/mol. The molecule has 0 unspecified atom stereocenters. The second kappa shape index (κ2) is 13.6. The molecule has 3 rings (SSSR count). The van der Waals surface area contributed by atoms with Crippen LogP contribution in [-0.4, -0.2) is 37.5 Å². The molecule has 0 fully saturated rings. The summed E-state index contributed by atoms with van der Waals surface area (Å²) in [5.41, 5.74) is 1.62. The molecule has 1 aromatic carbocycles. The number of halogens is 2. The molecule has 168 valence electrons. The fourth-order valence-corrected chi connectivity index (χ4v) is 5.12. The number of carbonyl (C=O) groups excluding carboxylic acids is 2. The Bertz CT molecular complexity index is 1170. The van der Waals surface area contributed by atoms with Crippen molar-refractivity contribution in [2.24, 2.45) is 4.99 Å². The SMILES string of the molecule is COCCCC(=O)c1ccc(C(=O)CN=C(C)c2csc(-c3ccc(Cl)c(Cl)c3)c2[O-])s1.[K+]. The summed E-state index contributed by atoms with van der Waals surface area (Å²) in [6.45, 7) is 2.13. The van der Waals surface area contributed by atoms with Gasteiger partial charge in [0.15, 0.2) is 11.6 Å². The Balaban J connectivity index is 0.00000385. The van der Waals surface area contributed by atoms with Crippen LogP contribution in [0, 0.1) is 0 Å². The summed E-state index contributed by atoms with van der Waals surface area (Å²) in [5, 5.41) is 15.4. The number of carbonyl (C=O) groups is 2. The van der Waals surface area contributed by atoms with E-state index in [2.05, 4.69) is 4.99 Å². The molecule has 0 bridgehead atoms. The molecule has 5 nitrogen and oxygen atoms in total. The summed E-state index contributed by atoms with van der Waals surface area (Å²) in [6, 6.07) is 8.36. The number of Topliss-reactive ketones (excluding diaryl/α,β-unsaturated/α-hetero) is 2. The second-order valence-corrected chi connectivity index (χ2v) is 9.72. The van der Waals surface area contributed by atoms with Crippen LogP contribution in [0.4, 0.5) is 0 Å². The van der Waals surface area contributed by atoms with E-state index in [0.717, 1.165) is 0 Å². The number of ether oxygens (including phenoxy) is 1. The monoisotopic (exact) mass is 547 g/mol. The summed E-state index contributed by atoms with van der Waals surface area (Å²) >= 11 is 14.5. The van der Waals surface area contributed by atoms with E-state index in [9.17, 15) is 14.7 Å². The van der Waals surface area contributed by atoms with Gasteiger partial charge in [-0.1, -0.05) is 35.0 Å². The fraction of sp³-hybridized carbons (Fsp3) is 0.261. The molecular formula is C23H20Cl2KNO4S2. The maximum absolute atomic E-state index is 12.8. The van der Waals surface area contributed by atoms with Crippen LogP contribution in [-0.2, 0) is 4.74 Å². The number of rotatable bonds is 10. The number of hydrogen-bond acceptors (Lipinski definition) is 7. The quantitative estimate of drug-likeness (QED) is 0.169. The van der Waals surface area contributed by atoms with Gasteiger partial charge in [0, 0.05) is 30.7 Å². The maximum atomic E-state index is 12.8. The van der Waals surface area contributed by atoms with Crippen molar-refractivity contribution in [3.05, 3.63) is 61.1 Å². The van der Waals surface area contributed by atoms with Gasteiger partial charge in [0.25, 0.3) is 0 Å². The summed E-state index contributed by atoms with van der Waals surface area (Å²) in [7, 11) is 1.59. The summed E-state index contributed by atoms with van der Waals surface area (Å²) in [5.74, 6) is -0.366. The Labute approximate surface area is 253 Å². The maximum Gasteiger partial charge on any atom is 1.00 e. The molecule has 33 heavy (non-hydrogen) atoms. The number of nitrogens with zero attached hydrogens (tertiary/aromatic N) is 1. The molecule has 0 N–H and O–H groups in total. The van der Waals surface area contributed by atoms with Crippen molar-refractivity contribution >= 4 is 63.2 Å². The molecule has 0 amide bonds. The van der Waals surface area contributed by atoms with Gasteiger partial charge in [0.2, 0.25) is 0 Å². The topological polar surface area (TPSA) is 78.8 Å². The molecule has 10 heteroatoms. The van der Waals surface area contributed by atoms with Crippen molar-refractivity contribution in [2.75, 3.05) is 20.3 Å². The van der Waals surface area contributed by atoms with E-state index in [1.165, 1.54) is 22.7 Å². The summed E-state index contributed by atoms with van der Waals surface area (Å²) in [6.07, 6.45) is 1.02. The van der Waals surface area contributed by atoms with Crippen molar-refractivity contribution in [1.82, 2.24) is 0 Å². The smallest absolute Gasteiger partial charge is 0.871 e. The van der Waals surface area contributed by atoms with E-state index < -0.39 is 0 Å². The van der Waals surface area contributed by atoms with Crippen LogP contribution in [0.1, 0.15) is 44.7 Å². The predicted molar refractivity (Wildman–Crippen MR) is 130 cm³/mol. The third kappa shape index (κ3) is 7.54. The minimum atomic E-state index is -0.197. The Morgan fingerprint density at radius 1 is 1.09 bits per heavy atom. The first-order chi connectivity index (χ1) is 15.3. The van der Waals surface area contributed by atoms with E-state index in [1.54, 1.807) is 49.7 Å². The number of thiophene rings is 2. The van der Waals surface area contributed by atoms with E-state index in [4.69, 9.17) is 27.9 Å². The zero-order chi connectivity index (χ0) is 23.3. The van der Waals surface area contributed by atoms with Gasteiger partial charge in [-0.05, 0) is 54.1 Å². The first-order valence-corrected chi connectivity index (χ1v) is 12.2. The van der Waals surface area contributed by atoms with Crippen LogP contribution < -0.4 is 56.5 Å². The van der Waals surface area contributed by atoms with Gasteiger partial charge in [-0.25, -0.2) is 0 Å². The molecule has 0 aliphatic carbocycles. The van der Waals surface area contributed by atoms with Gasteiger partial charge in [-0.15, -0.1) is 22.7 Å². The van der Waals surface area contributed by atoms with Gasteiger partial charge >= 0.3 is 51.4 Å². The predicted octanol–water partition coefficient (Wildman–Crippen LogP) is 3.16. The van der Waals surface area contributed by atoms with Gasteiger partial charge in [-0.2, -0.15) is 0 Å². The van der Waals surface area contributed by atoms with E-state index >= 15 is 0 Å². The molecule has 2 aromatic heterocycles. The molecule has 0 radical (unpaired) electrons. The number of aliphatic imine (C=N–C) groups is 1. The minimum Gasteiger partial charge on any atom is -0.871 e. The van der Waals surface area contributed by atoms with Crippen molar-refractivity contribution in [2.45, 2.75) is 19.8 Å². The van der Waals surface area contributed by atoms with Crippen LogP contribution in [0.15, 0.2) is 40.7 Å². The van der Waals surface area contributed by atoms with Crippen molar-refractivity contribution in [3.63, 3.8) is 0 Å². The molecule has 0 atom stereocenters. The van der Waals surface area contributed by atoms with Crippen LogP contribution >= 0.6 is 45.9 Å².